The van der Waals surface area contributed by atoms with Crippen LogP contribution in [-0.2, 0) is 14.9 Å². The second-order valence-corrected chi connectivity index (χ2v) is 6.38. The summed E-state index contributed by atoms with van der Waals surface area (Å²) >= 11 is 3.35. The Balaban J connectivity index is 2.65. The number of carbonyl (C=O) groups is 1. The maximum Gasteiger partial charge on any atom is 0.421 e. The Kier molecular flexibility index (Phi) is 5.87. The van der Waals surface area contributed by atoms with Gasteiger partial charge in [-0.05, 0) is 19.8 Å². The second kappa shape index (κ2) is 6.72. The molecular weight excluding hydrogens is 324 g/mol. The van der Waals surface area contributed by atoms with Crippen LogP contribution in [0.4, 0.5) is 4.79 Å². The molecule has 1 saturated carbocycles. The molecule has 1 rings (SSSR count). The van der Waals surface area contributed by atoms with Crippen LogP contribution in [-0.4, -0.2) is 32.0 Å². The highest BCUT2D eigenvalue weighted by Gasteiger charge is 2.35. The molecule has 0 atom stereocenters. The van der Waals surface area contributed by atoms with Crippen LogP contribution in [0.3, 0.4) is 0 Å². The number of alkyl halides is 1. The molecule has 1 aliphatic carbocycles. The van der Waals surface area contributed by atoms with Crippen molar-refractivity contribution in [2.75, 3.05) is 11.9 Å². The summed E-state index contributed by atoms with van der Waals surface area (Å²) in [5, 5.41) is 0.531. The molecule has 6 nitrogen and oxygen atoms in total. The Morgan fingerprint density at radius 3 is 2.44 bits per heavy atom. The van der Waals surface area contributed by atoms with E-state index >= 15 is 0 Å². The number of hydrogen-bond donors (Lipinski definition) is 2. The van der Waals surface area contributed by atoms with E-state index in [-0.39, 0.29) is 6.61 Å². The van der Waals surface area contributed by atoms with Crippen molar-refractivity contribution in [1.29, 1.82) is 0 Å². The minimum absolute atomic E-state index is 0.130. The van der Waals surface area contributed by atoms with Crippen LogP contribution >= 0.6 is 15.9 Å². The Hall–Kier alpha value is -0.340. The minimum Gasteiger partial charge on any atom is -0.449 e. The third-order valence-electron chi connectivity index (χ3n) is 2.91. The summed E-state index contributed by atoms with van der Waals surface area (Å²) in [6, 6.07) is 0. The summed E-state index contributed by atoms with van der Waals surface area (Å²) in [5.74, 6) is 0. The monoisotopic (exact) mass is 342 g/mol. The van der Waals surface area contributed by atoms with E-state index in [0.717, 1.165) is 32.1 Å². The lowest BCUT2D eigenvalue weighted by atomic mass is 9.84. The summed E-state index contributed by atoms with van der Waals surface area (Å²) in [5.41, 5.74) is -0.503. The lowest BCUT2D eigenvalue weighted by Gasteiger charge is -2.35. The fraction of sp³-hybridized carbons (Fsp3) is 0.900. The molecule has 1 fully saturated rings. The van der Waals surface area contributed by atoms with Gasteiger partial charge in [0.2, 0.25) is 0 Å². The summed E-state index contributed by atoms with van der Waals surface area (Å²) in [6.07, 6.45) is 3.65. The molecule has 8 heteroatoms. The minimum atomic E-state index is -3.88. The van der Waals surface area contributed by atoms with Gasteiger partial charge < -0.3 is 4.74 Å². The quantitative estimate of drug-likeness (QED) is 0.744. The number of rotatable bonds is 5. The number of ether oxygens (including phenoxy) is 1. The van der Waals surface area contributed by atoms with Crippen molar-refractivity contribution in [3.63, 3.8) is 0 Å². The fourth-order valence-electron chi connectivity index (χ4n) is 2.07. The van der Waals surface area contributed by atoms with Gasteiger partial charge in [0.25, 0.3) is 0 Å². The zero-order valence-corrected chi connectivity index (χ0v) is 12.8. The van der Waals surface area contributed by atoms with E-state index in [0.29, 0.717) is 5.33 Å². The summed E-state index contributed by atoms with van der Waals surface area (Å²) in [7, 11) is -3.88. The van der Waals surface area contributed by atoms with Crippen molar-refractivity contribution < 1.29 is 17.9 Å². The second-order valence-electron chi connectivity index (χ2n) is 4.40. The fourth-order valence-corrected chi connectivity index (χ4v) is 4.13. The summed E-state index contributed by atoms with van der Waals surface area (Å²) in [6.45, 7) is 1.74. The number of hydrogen-bond acceptors (Lipinski definition) is 4. The topological polar surface area (TPSA) is 84.5 Å². The van der Waals surface area contributed by atoms with Crippen LogP contribution < -0.4 is 9.44 Å². The predicted molar refractivity (Wildman–Crippen MR) is 71.8 cm³/mol. The maximum atomic E-state index is 11.8. The average Bonchev–Trinajstić information content (AvgIpc) is 2.29. The van der Waals surface area contributed by atoms with Crippen molar-refractivity contribution in [2.24, 2.45) is 0 Å². The summed E-state index contributed by atoms with van der Waals surface area (Å²) < 4.78 is 32.6. The van der Waals surface area contributed by atoms with Gasteiger partial charge in [-0.3, -0.25) is 0 Å². The molecule has 0 radical (unpaired) electrons. The van der Waals surface area contributed by atoms with Crippen LogP contribution in [0.2, 0.25) is 0 Å². The maximum absolute atomic E-state index is 11.8. The first-order valence-corrected chi connectivity index (χ1v) is 8.58. The van der Waals surface area contributed by atoms with Gasteiger partial charge in [0.05, 0.1) is 6.61 Å². The molecule has 0 aliphatic heterocycles. The van der Waals surface area contributed by atoms with E-state index in [1.807, 2.05) is 4.72 Å². The third-order valence-corrected chi connectivity index (χ3v) is 5.12. The van der Waals surface area contributed by atoms with Gasteiger partial charge in [-0.25, -0.2) is 9.52 Å². The highest BCUT2D eigenvalue weighted by Crippen LogP contribution is 2.30. The average molecular weight is 343 g/mol. The van der Waals surface area contributed by atoms with Crippen molar-refractivity contribution in [3.05, 3.63) is 0 Å². The Morgan fingerprint density at radius 2 is 1.94 bits per heavy atom. The lowest BCUT2D eigenvalue weighted by Crippen LogP contribution is -2.55. The number of amides is 1. The molecule has 0 aromatic heterocycles. The van der Waals surface area contributed by atoms with Crippen molar-refractivity contribution in [3.8, 4) is 0 Å². The number of carbonyl (C=O) groups excluding carboxylic acids is 1. The largest absolute Gasteiger partial charge is 0.449 e. The van der Waals surface area contributed by atoms with E-state index in [4.69, 9.17) is 0 Å². The zero-order valence-electron chi connectivity index (χ0n) is 10.4. The van der Waals surface area contributed by atoms with Crippen LogP contribution in [0.25, 0.3) is 0 Å². The SMILES string of the molecule is CCOC(=O)NS(=O)(=O)NC1(CBr)CCCCC1. The first-order chi connectivity index (χ1) is 8.43. The smallest absolute Gasteiger partial charge is 0.421 e. The molecule has 18 heavy (non-hydrogen) atoms. The van der Waals surface area contributed by atoms with Crippen LogP contribution in [0.5, 0.6) is 0 Å². The van der Waals surface area contributed by atoms with Crippen LogP contribution in [0.15, 0.2) is 0 Å². The van der Waals surface area contributed by atoms with E-state index in [1.165, 1.54) is 0 Å². The number of halogens is 1. The molecule has 2 N–H and O–H groups in total. The predicted octanol–water partition coefficient (Wildman–Crippen LogP) is 1.66. The van der Waals surface area contributed by atoms with Gasteiger partial charge in [-0.2, -0.15) is 13.1 Å². The van der Waals surface area contributed by atoms with E-state index < -0.39 is 21.8 Å². The molecule has 0 unspecified atom stereocenters. The molecule has 1 aliphatic rings. The van der Waals surface area contributed by atoms with Crippen LogP contribution in [0.1, 0.15) is 39.0 Å². The van der Waals surface area contributed by atoms with Crippen molar-refractivity contribution in [1.82, 2.24) is 9.44 Å². The Bertz CT molecular complexity index is 379. The van der Waals surface area contributed by atoms with E-state index in [1.54, 1.807) is 6.92 Å². The van der Waals surface area contributed by atoms with Gasteiger partial charge in [0.15, 0.2) is 0 Å². The molecule has 106 valence electrons. The van der Waals surface area contributed by atoms with Crippen molar-refractivity contribution in [2.45, 2.75) is 44.6 Å². The molecule has 0 aromatic rings. The van der Waals surface area contributed by atoms with Crippen molar-refractivity contribution >= 4 is 32.2 Å². The highest BCUT2D eigenvalue weighted by atomic mass is 79.9. The zero-order chi connectivity index (χ0) is 13.6. The third kappa shape index (κ3) is 4.74. The molecule has 0 saturated heterocycles. The molecular formula is C10H19BrN2O4S. The molecule has 0 bridgehead atoms. The van der Waals surface area contributed by atoms with E-state index in [2.05, 4.69) is 25.4 Å². The number of nitrogens with one attached hydrogen (secondary N) is 2. The standard InChI is InChI=1S/C10H19BrN2O4S/c1-2-17-9(14)12-18(15,16)13-10(8-11)6-4-3-5-7-10/h13H,2-8H2,1H3,(H,12,14). The van der Waals surface area contributed by atoms with Crippen LogP contribution in [0, 0.1) is 0 Å². The molecule has 1 amide bonds. The Morgan fingerprint density at radius 1 is 1.33 bits per heavy atom. The first kappa shape index (κ1) is 15.7. The van der Waals surface area contributed by atoms with Gasteiger partial charge in [-0.1, -0.05) is 35.2 Å². The normalized spacial score (nSPS) is 19.2. The van der Waals surface area contributed by atoms with Gasteiger partial charge >= 0.3 is 16.3 Å². The first-order valence-electron chi connectivity index (χ1n) is 5.97. The Labute approximate surface area is 116 Å². The van der Waals surface area contributed by atoms with Gasteiger partial charge in [0.1, 0.15) is 0 Å². The van der Waals surface area contributed by atoms with E-state index in [9.17, 15) is 13.2 Å². The molecule has 0 heterocycles. The summed E-state index contributed by atoms with van der Waals surface area (Å²) in [4.78, 5) is 11.1. The molecule has 0 aromatic carbocycles. The van der Waals surface area contributed by atoms with Gasteiger partial charge in [-0.15, -0.1) is 0 Å². The molecule has 0 spiro atoms. The van der Waals surface area contributed by atoms with Gasteiger partial charge in [0, 0.05) is 10.9 Å². The highest BCUT2D eigenvalue weighted by molar-refractivity contribution is 9.09. The lowest BCUT2D eigenvalue weighted by molar-refractivity contribution is 0.158.